The maximum absolute atomic E-state index is 12.6. The lowest BCUT2D eigenvalue weighted by Gasteiger charge is -2.36. The van der Waals surface area contributed by atoms with Gasteiger partial charge in [0.05, 0.1) is 12.8 Å². The van der Waals surface area contributed by atoms with Crippen molar-refractivity contribution in [2.75, 3.05) is 30.4 Å². The highest BCUT2D eigenvalue weighted by Crippen LogP contribution is 2.30. The summed E-state index contributed by atoms with van der Waals surface area (Å²) in [5.74, 6) is 1.81. The van der Waals surface area contributed by atoms with Gasteiger partial charge in [-0.25, -0.2) is 4.98 Å². The summed E-state index contributed by atoms with van der Waals surface area (Å²) in [6.07, 6.45) is 1.69. The first-order chi connectivity index (χ1) is 13.8. The lowest BCUT2D eigenvalue weighted by Crippen LogP contribution is -2.50. The van der Waals surface area contributed by atoms with Crippen molar-refractivity contribution in [3.63, 3.8) is 0 Å². The molecule has 1 aromatic heterocycles. The number of hydrogen-bond donors (Lipinski definition) is 2. The number of amides is 1. The average Bonchev–Trinajstić information content (AvgIpc) is 2.75. The van der Waals surface area contributed by atoms with Gasteiger partial charge in [-0.1, -0.05) is 42.5 Å². The van der Waals surface area contributed by atoms with Crippen LogP contribution in [0.1, 0.15) is 11.6 Å². The minimum atomic E-state index is -0.427. The Kier molecular flexibility index (Phi) is 5.05. The van der Waals surface area contributed by atoms with Crippen LogP contribution in [-0.4, -0.2) is 36.1 Å². The summed E-state index contributed by atoms with van der Waals surface area (Å²) < 4.78 is 5.37. The second-order valence-electron chi connectivity index (χ2n) is 6.36. The van der Waals surface area contributed by atoms with Crippen molar-refractivity contribution in [3.8, 4) is 5.75 Å². The third-order valence-electron chi connectivity index (χ3n) is 4.62. The third-order valence-corrected chi connectivity index (χ3v) is 4.62. The first-order valence-corrected chi connectivity index (χ1v) is 9.08. The highest BCUT2D eigenvalue weighted by Gasteiger charge is 2.32. The van der Waals surface area contributed by atoms with Gasteiger partial charge in [0.2, 0.25) is 11.9 Å². The summed E-state index contributed by atoms with van der Waals surface area (Å²) in [4.78, 5) is 23.6. The minimum absolute atomic E-state index is 0.0321. The van der Waals surface area contributed by atoms with E-state index in [-0.39, 0.29) is 5.91 Å². The van der Waals surface area contributed by atoms with Gasteiger partial charge in [-0.2, -0.15) is 4.98 Å². The van der Waals surface area contributed by atoms with Gasteiger partial charge < -0.3 is 20.3 Å². The zero-order chi connectivity index (χ0) is 19.3. The van der Waals surface area contributed by atoms with E-state index in [9.17, 15) is 4.79 Å². The highest BCUT2D eigenvalue weighted by atomic mass is 16.5. The van der Waals surface area contributed by atoms with E-state index in [1.165, 1.54) is 0 Å². The van der Waals surface area contributed by atoms with Crippen LogP contribution in [0, 0.1) is 0 Å². The molecule has 2 aromatic carbocycles. The Balaban J connectivity index is 1.65. The van der Waals surface area contributed by atoms with Gasteiger partial charge in [0.25, 0.3) is 0 Å². The van der Waals surface area contributed by atoms with Gasteiger partial charge in [-0.3, -0.25) is 4.79 Å². The van der Waals surface area contributed by atoms with Crippen LogP contribution in [0.15, 0.2) is 66.9 Å². The highest BCUT2D eigenvalue weighted by molar-refractivity contribution is 5.87. The molecular formula is C21H21N5O2. The second kappa shape index (κ2) is 7.96. The second-order valence-corrected chi connectivity index (χ2v) is 6.36. The van der Waals surface area contributed by atoms with Gasteiger partial charge in [-0.15, -0.1) is 0 Å². The van der Waals surface area contributed by atoms with Crippen LogP contribution in [0.5, 0.6) is 5.75 Å². The van der Waals surface area contributed by atoms with Gasteiger partial charge in [0, 0.05) is 19.3 Å². The van der Waals surface area contributed by atoms with Crippen molar-refractivity contribution in [2.45, 2.75) is 6.04 Å². The quantitative estimate of drug-likeness (QED) is 0.714. The van der Waals surface area contributed by atoms with Crippen LogP contribution >= 0.6 is 0 Å². The molecule has 28 heavy (non-hydrogen) atoms. The lowest BCUT2D eigenvalue weighted by atomic mass is 10.0. The molecule has 4 rings (SSSR count). The molecule has 1 aliphatic rings. The van der Waals surface area contributed by atoms with E-state index in [2.05, 4.69) is 20.6 Å². The Hall–Kier alpha value is -3.61. The maximum atomic E-state index is 12.6. The van der Waals surface area contributed by atoms with Crippen molar-refractivity contribution < 1.29 is 9.53 Å². The Morgan fingerprint density at radius 3 is 2.71 bits per heavy atom. The first kappa shape index (κ1) is 17.8. The smallest absolute Gasteiger partial charge is 0.247 e. The molecule has 0 radical (unpaired) electrons. The van der Waals surface area contributed by atoms with Gasteiger partial charge >= 0.3 is 0 Å². The molecule has 2 heterocycles. The minimum Gasteiger partial charge on any atom is -0.495 e. The van der Waals surface area contributed by atoms with Crippen molar-refractivity contribution in [3.05, 3.63) is 72.4 Å². The van der Waals surface area contributed by atoms with Crippen molar-refractivity contribution in [2.24, 2.45) is 0 Å². The zero-order valence-electron chi connectivity index (χ0n) is 15.5. The number of anilines is 3. The van der Waals surface area contributed by atoms with E-state index in [0.29, 0.717) is 30.6 Å². The molecule has 7 nitrogen and oxygen atoms in total. The van der Waals surface area contributed by atoms with Crippen LogP contribution in [0.4, 0.5) is 17.5 Å². The van der Waals surface area contributed by atoms with Crippen molar-refractivity contribution in [1.82, 2.24) is 15.3 Å². The Labute approximate surface area is 163 Å². The van der Waals surface area contributed by atoms with E-state index in [1.54, 1.807) is 13.3 Å². The molecule has 1 atom stereocenters. The largest absolute Gasteiger partial charge is 0.495 e. The Morgan fingerprint density at radius 2 is 1.89 bits per heavy atom. The Morgan fingerprint density at radius 1 is 1.11 bits per heavy atom. The number of nitrogens with one attached hydrogen (secondary N) is 2. The number of benzene rings is 2. The normalized spacial score (nSPS) is 16.4. The predicted octanol–water partition coefficient (Wildman–Crippen LogP) is 2.91. The molecule has 1 amide bonds. The molecule has 0 bridgehead atoms. The van der Waals surface area contributed by atoms with Crippen molar-refractivity contribution >= 4 is 23.4 Å². The monoisotopic (exact) mass is 375 g/mol. The summed E-state index contributed by atoms with van der Waals surface area (Å²) in [5, 5.41) is 6.14. The van der Waals surface area contributed by atoms with Crippen LogP contribution in [0.2, 0.25) is 0 Å². The van der Waals surface area contributed by atoms with E-state index < -0.39 is 6.04 Å². The maximum Gasteiger partial charge on any atom is 0.247 e. The average molecular weight is 375 g/mol. The van der Waals surface area contributed by atoms with Crippen molar-refractivity contribution in [1.29, 1.82) is 0 Å². The molecule has 3 aromatic rings. The molecular weight excluding hydrogens is 354 g/mol. The number of piperazine rings is 1. The van der Waals surface area contributed by atoms with Crippen LogP contribution in [0.3, 0.4) is 0 Å². The third kappa shape index (κ3) is 3.59. The van der Waals surface area contributed by atoms with Crippen LogP contribution in [0.25, 0.3) is 0 Å². The number of nitrogens with zero attached hydrogens (tertiary/aromatic N) is 3. The van der Waals surface area contributed by atoms with Gasteiger partial charge in [0.15, 0.2) is 0 Å². The van der Waals surface area contributed by atoms with Crippen LogP contribution < -0.4 is 20.3 Å². The van der Waals surface area contributed by atoms with E-state index in [0.717, 1.165) is 11.3 Å². The SMILES string of the molecule is COc1ccccc1Nc1nccc(N2CCNC(=O)C2c2ccccc2)n1. The summed E-state index contributed by atoms with van der Waals surface area (Å²) >= 11 is 0. The number of aromatic nitrogens is 2. The standard InChI is InChI=1S/C21H21N5O2/c1-28-17-10-6-5-9-16(17)24-21-23-12-11-18(25-21)26-14-13-22-20(27)19(26)15-7-3-2-4-8-15/h2-12,19H,13-14H2,1H3,(H,22,27)(H,23,24,25). The number of para-hydroxylation sites is 2. The number of methoxy groups -OCH3 is 1. The lowest BCUT2D eigenvalue weighted by molar-refractivity contribution is -0.123. The fourth-order valence-electron chi connectivity index (χ4n) is 3.32. The summed E-state index contributed by atoms with van der Waals surface area (Å²) in [6.45, 7) is 1.23. The molecule has 7 heteroatoms. The fourth-order valence-corrected chi connectivity index (χ4v) is 3.32. The molecule has 1 unspecified atom stereocenters. The Bertz CT molecular complexity index is 964. The van der Waals surface area contributed by atoms with Gasteiger partial charge in [0.1, 0.15) is 17.6 Å². The number of hydrogen-bond acceptors (Lipinski definition) is 6. The zero-order valence-corrected chi connectivity index (χ0v) is 15.5. The number of ether oxygens (including phenoxy) is 1. The molecule has 1 fully saturated rings. The topological polar surface area (TPSA) is 79.4 Å². The summed E-state index contributed by atoms with van der Waals surface area (Å²) in [7, 11) is 1.62. The van der Waals surface area contributed by atoms with Crippen LogP contribution in [-0.2, 0) is 4.79 Å². The number of rotatable bonds is 5. The molecule has 142 valence electrons. The fraction of sp³-hybridized carbons (Fsp3) is 0.190. The molecule has 0 spiro atoms. The molecule has 1 aliphatic heterocycles. The summed E-state index contributed by atoms with van der Waals surface area (Å²) in [6, 6.07) is 18.7. The van der Waals surface area contributed by atoms with E-state index in [4.69, 9.17) is 4.74 Å². The van der Waals surface area contributed by atoms with E-state index >= 15 is 0 Å². The number of carbonyl (C=O) groups is 1. The molecule has 0 saturated carbocycles. The molecule has 2 N–H and O–H groups in total. The van der Waals surface area contributed by atoms with Gasteiger partial charge in [-0.05, 0) is 23.8 Å². The molecule has 1 saturated heterocycles. The predicted molar refractivity (Wildman–Crippen MR) is 108 cm³/mol. The number of carbonyl (C=O) groups excluding carboxylic acids is 1. The summed E-state index contributed by atoms with van der Waals surface area (Å²) in [5.41, 5.74) is 1.70. The van der Waals surface area contributed by atoms with E-state index in [1.807, 2.05) is 65.6 Å². The first-order valence-electron chi connectivity index (χ1n) is 9.08. The molecule has 0 aliphatic carbocycles.